The molecule has 1 aliphatic rings. The lowest BCUT2D eigenvalue weighted by Gasteiger charge is -2.19. The summed E-state index contributed by atoms with van der Waals surface area (Å²) in [5.74, 6) is 0.649. The second-order valence-electron chi connectivity index (χ2n) is 8.40. The molecule has 2 aromatic carbocycles. The molecule has 0 fully saturated rings. The number of nitrogens with zero attached hydrogens (tertiary/aromatic N) is 2. The molecular formula is C22H26N3O4P. The van der Waals surface area contributed by atoms with Crippen LogP contribution in [0.1, 0.15) is 42.9 Å². The third-order valence-corrected chi connectivity index (χ3v) is 5.96. The molecule has 8 heteroatoms. The standard InChI is InChI=1S/C22H26N3O4P/c1-13(2)17-11-18(19(26)12-20(17)29-30(3,4)28)21-23-24-22(27)25(21)16-9-8-14-6-5-7-15(14)10-16/h8-13,26H,5-7H2,1-4H3,(H,24,27). The summed E-state index contributed by atoms with van der Waals surface area (Å²) >= 11 is 0. The van der Waals surface area contributed by atoms with Gasteiger partial charge in [-0.25, -0.2) is 14.5 Å². The first-order chi connectivity index (χ1) is 14.1. The Morgan fingerprint density at radius 1 is 1.17 bits per heavy atom. The molecule has 1 aromatic heterocycles. The first-order valence-corrected chi connectivity index (χ1v) is 12.6. The molecule has 0 amide bonds. The van der Waals surface area contributed by atoms with Crippen molar-refractivity contribution in [3.8, 4) is 28.6 Å². The largest absolute Gasteiger partial charge is 0.507 e. The smallest absolute Gasteiger partial charge is 0.348 e. The lowest BCUT2D eigenvalue weighted by atomic mass is 9.98. The second kappa shape index (κ2) is 7.47. The molecule has 1 aliphatic carbocycles. The highest BCUT2D eigenvalue weighted by Gasteiger charge is 2.23. The second-order valence-corrected chi connectivity index (χ2v) is 11.1. The minimum absolute atomic E-state index is 0.0463. The van der Waals surface area contributed by atoms with Crippen molar-refractivity contribution in [1.82, 2.24) is 14.8 Å². The van der Waals surface area contributed by atoms with E-state index in [1.165, 1.54) is 35.1 Å². The highest BCUT2D eigenvalue weighted by Crippen LogP contribution is 2.45. The summed E-state index contributed by atoms with van der Waals surface area (Å²) in [6.45, 7) is 7.03. The van der Waals surface area contributed by atoms with Crippen LogP contribution in [0.3, 0.4) is 0 Å². The van der Waals surface area contributed by atoms with Gasteiger partial charge in [0.05, 0.1) is 11.3 Å². The molecule has 2 N–H and O–H groups in total. The lowest BCUT2D eigenvalue weighted by molar-refractivity contribution is 0.464. The molecule has 0 spiro atoms. The lowest BCUT2D eigenvalue weighted by Crippen LogP contribution is -2.16. The van der Waals surface area contributed by atoms with Crippen LogP contribution in [0.25, 0.3) is 17.1 Å². The number of aryl methyl sites for hydroxylation is 2. The molecule has 0 aliphatic heterocycles. The van der Waals surface area contributed by atoms with Gasteiger partial charge in [0.25, 0.3) is 0 Å². The van der Waals surface area contributed by atoms with Gasteiger partial charge in [-0.15, -0.1) is 0 Å². The van der Waals surface area contributed by atoms with Crippen molar-refractivity contribution >= 4 is 7.37 Å². The molecule has 0 radical (unpaired) electrons. The number of aromatic nitrogens is 3. The van der Waals surface area contributed by atoms with Crippen molar-refractivity contribution in [1.29, 1.82) is 0 Å². The van der Waals surface area contributed by atoms with E-state index in [4.69, 9.17) is 4.52 Å². The van der Waals surface area contributed by atoms with E-state index in [2.05, 4.69) is 16.3 Å². The van der Waals surface area contributed by atoms with E-state index in [9.17, 15) is 14.5 Å². The molecule has 3 aromatic rings. The highest BCUT2D eigenvalue weighted by molar-refractivity contribution is 7.57. The van der Waals surface area contributed by atoms with E-state index < -0.39 is 7.37 Å². The summed E-state index contributed by atoms with van der Waals surface area (Å²) < 4.78 is 19.3. The molecule has 0 bridgehead atoms. The summed E-state index contributed by atoms with van der Waals surface area (Å²) in [6.07, 6.45) is 3.17. The third kappa shape index (κ3) is 3.82. The van der Waals surface area contributed by atoms with E-state index >= 15 is 0 Å². The van der Waals surface area contributed by atoms with Crippen LogP contribution in [0.4, 0.5) is 0 Å². The van der Waals surface area contributed by atoms with Gasteiger partial charge in [-0.05, 0) is 60.1 Å². The molecule has 0 atom stereocenters. The van der Waals surface area contributed by atoms with Gasteiger partial charge in [0.15, 0.2) is 5.82 Å². The number of H-pyrrole nitrogens is 1. The normalized spacial score (nSPS) is 13.6. The zero-order chi connectivity index (χ0) is 21.6. The Morgan fingerprint density at radius 3 is 2.60 bits per heavy atom. The van der Waals surface area contributed by atoms with Gasteiger partial charge < -0.3 is 9.63 Å². The maximum absolute atomic E-state index is 12.6. The van der Waals surface area contributed by atoms with Crippen molar-refractivity contribution in [2.45, 2.75) is 39.0 Å². The predicted octanol–water partition coefficient (Wildman–Crippen LogP) is 4.46. The van der Waals surface area contributed by atoms with E-state index in [0.29, 0.717) is 22.8 Å². The van der Waals surface area contributed by atoms with E-state index in [-0.39, 0.29) is 17.4 Å². The molecule has 1 heterocycles. The van der Waals surface area contributed by atoms with Crippen LogP contribution >= 0.6 is 7.37 Å². The van der Waals surface area contributed by atoms with Gasteiger partial charge >= 0.3 is 5.69 Å². The van der Waals surface area contributed by atoms with E-state index in [1.807, 2.05) is 26.0 Å². The number of aromatic amines is 1. The van der Waals surface area contributed by atoms with Crippen LogP contribution in [-0.4, -0.2) is 33.2 Å². The third-order valence-electron chi connectivity index (χ3n) is 5.32. The van der Waals surface area contributed by atoms with Crippen molar-refractivity contribution in [3.63, 3.8) is 0 Å². The summed E-state index contributed by atoms with van der Waals surface area (Å²) in [5, 5.41) is 17.4. The zero-order valence-corrected chi connectivity index (χ0v) is 18.5. The van der Waals surface area contributed by atoms with Crippen LogP contribution in [0.2, 0.25) is 0 Å². The number of aromatic hydroxyl groups is 1. The monoisotopic (exact) mass is 427 g/mol. The fourth-order valence-corrected chi connectivity index (χ4v) is 4.58. The Morgan fingerprint density at radius 2 is 1.90 bits per heavy atom. The molecule has 0 unspecified atom stereocenters. The quantitative estimate of drug-likeness (QED) is 0.586. The predicted molar refractivity (Wildman–Crippen MR) is 117 cm³/mol. The molecule has 0 saturated heterocycles. The van der Waals surface area contributed by atoms with Crippen LogP contribution in [0, 0.1) is 0 Å². The van der Waals surface area contributed by atoms with Gasteiger partial charge in [-0.1, -0.05) is 19.9 Å². The van der Waals surface area contributed by atoms with Crippen LogP contribution in [-0.2, 0) is 17.4 Å². The van der Waals surface area contributed by atoms with E-state index in [0.717, 1.165) is 24.8 Å². The summed E-state index contributed by atoms with van der Waals surface area (Å²) in [4.78, 5) is 12.6. The average molecular weight is 427 g/mol. The van der Waals surface area contributed by atoms with Gasteiger partial charge in [-0.3, -0.25) is 4.57 Å². The maximum atomic E-state index is 12.6. The van der Waals surface area contributed by atoms with Crippen molar-refractivity contribution in [2.24, 2.45) is 0 Å². The number of benzene rings is 2. The highest BCUT2D eigenvalue weighted by atomic mass is 31.2. The number of rotatable bonds is 5. The van der Waals surface area contributed by atoms with E-state index in [1.54, 1.807) is 6.07 Å². The van der Waals surface area contributed by atoms with Gasteiger partial charge in [-0.2, -0.15) is 5.10 Å². The SMILES string of the molecule is CC(C)c1cc(-c2n[nH]c(=O)n2-c2ccc3c(c2)CCC3)c(O)cc1OP(C)(C)=O. The number of hydrogen-bond acceptors (Lipinski definition) is 5. The number of phenolic OH excluding ortho intramolecular Hbond substituents is 1. The van der Waals surface area contributed by atoms with Gasteiger partial charge in [0.2, 0.25) is 7.37 Å². The zero-order valence-electron chi connectivity index (χ0n) is 17.6. The first-order valence-electron chi connectivity index (χ1n) is 10.1. The minimum atomic E-state index is -2.81. The fraction of sp³-hybridized carbons (Fsp3) is 0.364. The van der Waals surface area contributed by atoms with Crippen LogP contribution < -0.4 is 10.2 Å². The Balaban J connectivity index is 1.87. The molecule has 0 saturated carbocycles. The van der Waals surface area contributed by atoms with Crippen molar-refractivity contribution < 1.29 is 14.2 Å². The number of nitrogens with one attached hydrogen (secondary N) is 1. The summed E-state index contributed by atoms with van der Waals surface area (Å²) in [7, 11) is -2.81. The Bertz CT molecular complexity index is 1220. The topological polar surface area (TPSA) is 97.2 Å². The molecule has 30 heavy (non-hydrogen) atoms. The Kier molecular flexibility index (Phi) is 5.10. The van der Waals surface area contributed by atoms with Crippen LogP contribution in [0.5, 0.6) is 11.5 Å². The minimum Gasteiger partial charge on any atom is -0.507 e. The van der Waals surface area contributed by atoms with Gasteiger partial charge in [0, 0.05) is 19.4 Å². The number of hydrogen-bond donors (Lipinski definition) is 2. The Hall–Kier alpha value is -2.79. The summed E-state index contributed by atoms with van der Waals surface area (Å²) in [6, 6.07) is 9.19. The van der Waals surface area contributed by atoms with Crippen molar-refractivity contribution in [3.05, 3.63) is 57.5 Å². The summed E-state index contributed by atoms with van der Waals surface area (Å²) in [5.41, 5.74) is 4.08. The maximum Gasteiger partial charge on any atom is 0.348 e. The molecule has 7 nitrogen and oxygen atoms in total. The average Bonchev–Trinajstić information content (AvgIpc) is 3.26. The molecule has 158 valence electrons. The fourth-order valence-electron chi connectivity index (χ4n) is 3.95. The number of fused-ring (bicyclic) bond motifs is 1. The number of phenols is 1. The van der Waals surface area contributed by atoms with Crippen molar-refractivity contribution in [2.75, 3.05) is 13.3 Å². The first kappa shape index (κ1) is 20.5. The molecular weight excluding hydrogens is 401 g/mol. The Labute approximate surface area is 175 Å². The molecule has 4 rings (SSSR count). The van der Waals surface area contributed by atoms with Gasteiger partial charge in [0.1, 0.15) is 11.5 Å². The van der Waals surface area contributed by atoms with Crippen LogP contribution in [0.15, 0.2) is 35.1 Å².